The van der Waals surface area contributed by atoms with Gasteiger partial charge in [-0.05, 0) is 62.4 Å². The van der Waals surface area contributed by atoms with E-state index in [4.69, 9.17) is 14.2 Å². The van der Waals surface area contributed by atoms with E-state index in [9.17, 15) is 9.59 Å². The van der Waals surface area contributed by atoms with Crippen molar-refractivity contribution in [2.75, 3.05) is 77.4 Å². The molecule has 2 heterocycles. The van der Waals surface area contributed by atoms with Crippen molar-refractivity contribution in [2.45, 2.75) is 18.9 Å². The molecule has 4 rings (SSSR count). The second kappa shape index (κ2) is 12.1. The number of methoxy groups -OCH3 is 2. The molecule has 0 aliphatic carbocycles. The molecule has 194 valence electrons. The van der Waals surface area contributed by atoms with Crippen molar-refractivity contribution in [1.29, 1.82) is 0 Å². The van der Waals surface area contributed by atoms with E-state index in [1.54, 1.807) is 26.2 Å². The van der Waals surface area contributed by atoms with E-state index in [-0.39, 0.29) is 30.9 Å². The van der Waals surface area contributed by atoms with Crippen LogP contribution in [-0.4, -0.2) is 88.8 Å². The molecule has 0 bridgehead atoms. The molecule has 2 aliphatic rings. The van der Waals surface area contributed by atoms with Crippen molar-refractivity contribution in [3.63, 3.8) is 0 Å². The first-order valence-electron chi connectivity index (χ1n) is 12.4. The summed E-state index contributed by atoms with van der Waals surface area (Å²) in [6.45, 7) is 4.16. The minimum atomic E-state index is -0.156. The SMILES string of the molecule is COc1ccc(OC)c(C2CCCN2C(=O)CN(C)CC(=O)Nc2ccc(N3CCOCC3)cc2)c1. The Balaban J connectivity index is 1.31. The second-order valence-corrected chi connectivity index (χ2v) is 9.22. The summed E-state index contributed by atoms with van der Waals surface area (Å²) >= 11 is 0. The maximum absolute atomic E-state index is 13.2. The van der Waals surface area contributed by atoms with Gasteiger partial charge in [0.15, 0.2) is 0 Å². The van der Waals surface area contributed by atoms with E-state index >= 15 is 0 Å². The maximum Gasteiger partial charge on any atom is 0.238 e. The molecule has 2 saturated heterocycles. The molecule has 2 amide bonds. The fraction of sp³-hybridized carbons (Fsp3) is 0.481. The topological polar surface area (TPSA) is 83.6 Å². The Kier molecular flexibility index (Phi) is 8.66. The Labute approximate surface area is 212 Å². The van der Waals surface area contributed by atoms with E-state index in [2.05, 4.69) is 10.2 Å². The highest BCUT2D eigenvalue weighted by Gasteiger charge is 2.32. The lowest BCUT2D eigenvalue weighted by molar-refractivity contribution is -0.133. The summed E-state index contributed by atoms with van der Waals surface area (Å²) in [6.07, 6.45) is 1.78. The predicted octanol–water partition coefficient (Wildman–Crippen LogP) is 2.77. The van der Waals surface area contributed by atoms with E-state index in [1.165, 1.54) is 0 Å². The van der Waals surface area contributed by atoms with Crippen molar-refractivity contribution >= 4 is 23.2 Å². The maximum atomic E-state index is 13.2. The Morgan fingerprint density at radius 1 is 1.03 bits per heavy atom. The zero-order valence-electron chi connectivity index (χ0n) is 21.4. The van der Waals surface area contributed by atoms with Gasteiger partial charge in [0.05, 0.1) is 46.6 Å². The molecule has 9 heteroatoms. The van der Waals surface area contributed by atoms with Crippen LogP contribution >= 0.6 is 0 Å². The highest BCUT2D eigenvalue weighted by molar-refractivity contribution is 5.92. The lowest BCUT2D eigenvalue weighted by Gasteiger charge is -2.29. The normalized spacial score (nSPS) is 17.8. The average Bonchev–Trinajstić information content (AvgIpc) is 3.39. The number of likely N-dealkylation sites (N-methyl/N-ethyl adjacent to an activating group) is 1. The van der Waals surface area contributed by atoms with Crippen molar-refractivity contribution in [1.82, 2.24) is 9.80 Å². The summed E-state index contributed by atoms with van der Waals surface area (Å²) in [7, 11) is 5.05. The number of carbonyl (C=O) groups is 2. The molecule has 36 heavy (non-hydrogen) atoms. The number of hydrogen-bond donors (Lipinski definition) is 1. The highest BCUT2D eigenvalue weighted by atomic mass is 16.5. The van der Waals surface area contributed by atoms with Crippen LogP contribution in [0.2, 0.25) is 0 Å². The van der Waals surface area contributed by atoms with Crippen LogP contribution in [-0.2, 0) is 14.3 Å². The number of hydrogen-bond acceptors (Lipinski definition) is 7. The Morgan fingerprint density at radius 2 is 1.78 bits per heavy atom. The molecule has 0 aromatic heterocycles. The number of amides is 2. The molecular weight excluding hydrogens is 460 g/mol. The quantitative estimate of drug-likeness (QED) is 0.572. The first kappa shape index (κ1) is 25.8. The average molecular weight is 497 g/mol. The molecule has 1 unspecified atom stereocenters. The van der Waals surface area contributed by atoms with Gasteiger partial charge in [0.1, 0.15) is 11.5 Å². The summed E-state index contributed by atoms with van der Waals surface area (Å²) in [4.78, 5) is 31.7. The summed E-state index contributed by atoms with van der Waals surface area (Å²) < 4.78 is 16.3. The Morgan fingerprint density at radius 3 is 2.47 bits per heavy atom. The molecular formula is C27H36N4O5. The number of benzene rings is 2. The van der Waals surface area contributed by atoms with Crippen LogP contribution in [0.5, 0.6) is 11.5 Å². The first-order chi connectivity index (χ1) is 17.5. The minimum absolute atomic E-state index is 0.00691. The molecule has 1 atom stereocenters. The van der Waals surface area contributed by atoms with Crippen molar-refractivity contribution < 1.29 is 23.8 Å². The van der Waals surface area contributed by atoms with E-state index in [0.717, 1.165) is 67.6 Å². The van der Waals surface area contributed by atoms with E-state index in [0.29, 0.717) is 6.54 Å². The number of carbonyl (C=O) groups excluding carboxylic acids is 2. The Hall–Kier alpha value is -3.30. The number of likely N-dealkylation sites (tertiary alicyclic amines) is 1. The number of nitrogens with one attached hydrogen (secondary N) is 1. The molecule has 2 fully saturated rings. The lowest BCUT2D eigenvalue weighted by atomic mass is 10.0. The summed E-state index contributed by atoms with van der Waals surface area (Å²) in [5, 5.41) is 2.93. The number of anilines is 2. The van der Waals surface area contributed by atoms with Gasteiger partial charge < -0.3 is 29.3 Å². The number of morpholine rings is 1. The van der Waals surface area contributed by atoms with Crippen LogP contribution in [0.15, 0.2) is 42.5 Å². The Bertz CT molecular complexity index is 1040. The van der Waals surface area contributed by atoms with E-state index in [1.807, 2.05) is 47.4 Å². The third kappa shape index (κ3) is 6.27. The van der Waals surface area contributed by atoms with Gasteiger partial charge in [0.25, 0.3) is 0 Å². The third-order valence-corrected chi connectivity index (χ3v) is 6.72. The first-order valence-corrected chi connectivity index (χ1v) is 12.4. The van der Waals surface area contributed by atoms with Gasteiger partial charge in [-0.2, -0.15) is 0 Å². The number of nitrogens with zero attached hydrogens (tertiary/aromatic N) is 3. The molecule has 9 nitrogen and oxygen atoms in total. The largest absolute Gasteiger partial charge is 0.497 e. The van der Waals surface area contributed by atoms with Gasteiger partial charge in [-0.1, -0.05) is 0 Å². The van der Waals surface area contributed by atoms with Crippen LogP contribution in [0.3, 0.4) is 0 Å². The van der Waals surface area contributed by atoms with Crippen molar-refractivity contribution in [3.05, 3.63) is 48.0 Å². The molecule has 2 aromatic carbocycles. The third-order valence-electron chi connectivity index (χ3n) is 6.72. The van der Waals surface area contributed by atoms with Gasteiger partial charge in [-0.25, -0.2) is 0 Å². The standard InChI is InChI=1S/C27H36N4O5/c1-29(18-26(32)28-20-6-8-21(9-7-20)30-13-15-36-16-14-30)19-27(33)31-12-4-5-24(31)23-17-22(34-2)10-11-25(23)35-3/h6-11,17,24H,4-5,12-16,18-19H2,1-3H3,(H,28,32). The summed E-state index contributed by atoms with van der Waals surface area (Å²) in [6, 6.07) is 13.4. The van der Waals surface area contributed by atoms with Crippen LogP contribution in [0.1, 0.15) is 24.4 Å². The predicted molar refractivity (Wildman–Crippen MR) is 139 cm³/mol. The second-order valence-electron chi connectivity index (χ2n) is 9.22. The zero-order valence-corrected chi connectivity index (χ0v) is 21.4. The van der Waals surface area contributed by atoms with Gasteiger partial charge in [0.2, 0.25) is 11.8 Å². The number of rotatable bonds is 9. The molecule has 2 aliphatic heterocycles. The lowest BCUT2D eigenvalue weighted by Crippen LogP contribution is -2.41. The zero-order chi connectivity index (χ0) is 25.5. The number of ether oxygens (including phenoxy) is 3. The minimum Gasteiger partial charge on any atom is -0.497 e. The summed E-state index contributed by atoms with van der Waals surface area (Å²) in [5.41, 5.74) is 2.80. The van der Waals surface area contributed by atoms with Gasteiger partial charge in [0, 0.05) is 36.6 Å². The summed E-state index contributed by atoms with van der Waals surface area (Å²) in [5.74, 6) is 1.31. The smallest absolute Gasteiger partial charge is 0.238 e. The molecule has 0 spiro atoms. The van der Waals surface area contributed by atoms with Gasteiger partial charge in [-0.15, -0.1) is 0 Å². The monoisotopic (exact) mass is 496 g/mol. The van der Waals surface area contributed by atoms with Crippen molar-refractivity contribution in [2.24, 2.45) is 0 Å². The van der Waals surface area contributed by atoms with Crippen molar-refractivity contribution in [3.8, 4) is 11.5 Å². The molecule has 2 aromatic rings. The molecule has 1 N–H and O–H groups in total. The molecule has 0 radical (unpaired) electrons. The fourth-order valence-electron chi connectivity index (χ4n) is 4.89. The fourth-order valence-corrected chi connectivity index (χ4v) is 4.89. The van der Waals surface area contributed by atoms with Crippen LogP contribution in [0.4, 0.5) is 11.4 Å². The van der Waals surface area contributed by atoms with Crippen LogP contribution in [0, 0.1) is 0 Å². The van der Waals surface area contributed by atoms with Crippen LogP contribution < -0.4 is 19.7 Å². The highest BCUT2D eigenvalue weighted by Crippen LogP contribution is 2.39. The van der Waals surface area contributed by atoms with Gasteiger partial charge >= 0.3 is 0 Å². The molecule has 0 saturated carbocycles. The van der Waals surface area contributed by atoms with E-state index < -0.39 is 0 Å². The van der Waals surface area contributed by atoms with Crippen LogP contribution in [0.25, 0.3) is 0 Å². The van der Waals surface area contributed by atoms with Gasteiger partial charge in [-0.3, -0.25) is 14.5 Å².